The first-order valence-corrected chi connectivity index (χ1v) is 10.7. The molecule has 1 unspecified atom stereocenters. The second kappa shape index (κ2) is 10.8. The molecule has 3 N–H and O–H groups in total. The van der Waals surface area contributed by atoms with Crippen LogP contribution in [0.3, 0.4) is 0 Å². The van der Waals surface area contributed by atoms with Crippen molar-refractivity contribution in [1.29, 1.82) is 0 Å². The van der Waals surface area contributed by atoms with E-state index in [1.807, 2.05) is 44.2 Å². The molecule has 3 rings (SSSR count). The molecule has 1 saturated heterocycles. The van der Waals surface area contributed by atoms with E-state index in [-0.39, 0.29) is 17.9 Å². The molecule has 0 saturated carbocycles. The number of carbonyl (C=O) groups excluding carboxylic acids is 2. The Morgan fingerprint density at radius 2 is 1.57 bits per heavy atom. The first-order valence-electron chi connectivity index (χ1n) is 10.7. The predicted octanol–water partition coefficient (Wildman–Crippen LogP) is 3.74. The Hall–Kier alpha value is -2.86. The van der Waals surface area contributed by atoms with Crippen LogP contribution in [0.1, 0.15) is 37.8 Å². The molecule has 2 aromatic rings. The van der Waals surface area contributed by atoms with Crippen molar-refractivity contribution >= 4 is 17.6 Å². The minimum Gasteiger partial charge on any atom is -0.350 e. The average molecular weight is 409 g/mol. The van der Waals surface area contributed by atoms with Gasteiger partial charge < -0.3 is 16.0 Å². The Morgan fingerprint density at radius 1 is 0.933 bits per heavy atom. The van der Waals surface area contributed by atoms with Gasteiger partial charge in [0.1, 0.15) is 6.04 Å². The molecule has 160 valence electrons. The third-order valence-corrected chi connectivity index (χ3v) is 5.43. The van der Waals surface area contributed by atoms with Crippen molar-refractivity contribution in [3.05, 3.63) is 65.7 Å². The van der Waals surface area contributed by atoms with Crippen LogP contribution in [-0.2, 0) is 17.9 Å². The van der Waals surface area contributed by atoms with E-state index in [1.165, 1.54) is 18.4 Å². The summed E-state index contributed by atoms with van der Waals surface area (Å²) in [5.74, 6) is -0.212. The Kier molecular flexibility index (Phi) is 7.85. The Balaban J connectivity index is 1.57. The lowest BCUT2D eigenvalue weighted by Crippen LogP contribution is -2.50. The molecule has 6 nitrogen and oxygen atoms in total. The van der Waals surface area contributed by atoms with Crippen LogP contribution in [0.25, 0.3) is 0 Å². The molecule has 0 spiro atoms. The molecule has 1 fully saturated rings. The standard InChI is InChI=1S/C24H32N4O2/c1-18(2)22(27-24(30)26-21-12-4-3-5-13-21)23(29)25-16-19-10-6-7-11-20(19)17-28-14-8-9-15-28/h3-7,10-13,18,22H,8-9,14-17H2,1-2H3,(H,25,29)(H2,26,27,30). The number of amides is 3. The van der Waals surface area contributed by atoms with E-state index in [9.17, 15) is 9.59 Å². The summed E-state index contributed by atoms with van der Waals surface area (Å²) in [7, 11) is 0. The molecule has 1 atom stereocenters. The van der Waals surface area contributed by atoms with Gasteiger partial charge in [-0.2, -0.15) is 0 Å². The zero-order valence-electron chi connectivity index (χ0n) is 17.9. The van der Waals surface area contributed by atoms with Crippen molar-refractivity contribution in [2.24, 2.45) is 5.92 Å². The van der Waals surface area contributed by atoms with E-state index in [0.717, 1.165) is 25.2 Å². The van der Waals surface area contributed by atoms with Crippen LogP contribution in [0.2, 0.25) is 0 Å². The molecular weight excluding hydrogens is 376 g/mol. The van der Waals surface area contributed by atoms with Crippen LogP contribution >= 0.6 is 0 Å². The number of benzene rings is 2. The van der Waals surface area contributed by atoms with E-state index < -0.39 is 6.04 Å². The predicted molar refractivity (Wildman–Crippen MR) is 120 cm³/mol. The van der Waals surface area contributed by atoms with Crippen LogP contribution < -0.4 is 16.0 Å². The minimum absolute atomic E-state index is 0.0358. The van der Waals surface area contributed by atoms with Gasteiger partial charge >= 0.3 is 6.03 Å². The van der Waals surface area contributed by atoms with E-state index >= 15 is 0 Å². The first kappa shape index (κ1) is 21.8. The largest absolute Gasteiger partial charge is 0.350 e. The summed E-state index contributed by atoms with van der Waals surface area (Å²) >= 11 is 0. The van der Waals surface area contributed by atoms with Gasteiger partial charge in [0.25, 0.3) is 0 Å². The highest BCUT2D eigenvalue weighted by Crippen LogP contribution is 2.16. The number of likely N-dealkylation sites (tertiary alicyclic amines) is 1. The molecule has 0 aromatic heterocycles. The molecule has 6 heteroatoms. The fourth-order valence-electron chi connectivity index (χ4n) is 3.72. The SMILES string of the molecule is CC(C)C(NC(=O)Nc1ccccc1)C(=O)NCc1ccccc1CN1CCCC1. The lowest BCUT2D eigenvalue weighted by Gasteiger charge is -2.23. The summed E-state index contributed by atoms with van der Waals surface area (Å²) in [4.78, 5) is 27.6. The summed E-state index contributed by atoms with van der Waals surface area (Å²) in [6.07, 6.45) is 2.51. The second-order valence-electron chi connectivity index (χ2n) is 8.16. The highest BCUT2D eigenvalue weighted by molar-refractivity contribution is 5.93. The monoisotopic (exact) mass is 408 g/mol. The second-order valence-corrected chi connectivity index (χ2v) is 8.16. The van der Waals surface area contributed by atoms with Gasteiger partial charge in [-0.15, -0.1) is 0 Å². The molecule has 30 heavy (non-hydrogen) atoms. The van der Waals surface area contributed by atoms with Gasteiger partial charge in [0.15, 0.2) is 0 Å². The quantitative estimate of drug-likeness (QED) is 0.623. The number of para-hydroxylation sites is 1. The van der Waals surface area contributed by atoms with E-state index in [0.29, 0.717) is 12.2 Å². The van der Waals surface area contributed by atoms with Gasteiger partial charge in [-0.05, 0) is 55.1 Å². The van der Waals surface area contributed by atoms with Crippen molar-refractivity contribution in [1.82, 2.24) is 15.5 Å². The van der Waals surface area contributed by atoms with Crippen molar-refractivity contribution in [2.45, 2.75) is 45.8 Å². The number of carbonyl (C=O) groups is 2. The van der Waals surface area contributed by atoms with Crippen molar-refractivity contribution in [2.75, 3.05) is 18.4 Å². The smallest absolute Gasteiger partial charge is 0.319 e. The fraction of sp³-hybridized carbons (Fsp3) is 0.417. The molecule has 1 aliphatic heterocycles. The summed E-state index contributed by atoms with van der Waals surface area (Å²) in [5.41, 5.74) is 3.05. The number of nitrogens with zero attached hydrogens (tertiary/aromatic N) is 1. The average Bonchev–Trinajstić information content (AvgIpc) is 3.25. The van der Waals surface area contributed by atoms with Gasteiger partial charge in [-0.1, -0.05) is 56.3 Å². The van der Waals surface area contributed by atoms with Crippen LogP contribution in [0.4, 0.5) is 10.5 Å². The number of rotatable bonds is 8. The Bertz CT molecular complexity index is 832. The number of hydrogen-bond acceptors (Lipinski definition) is 3. The van der Waals surface area contributed by atoms with Gasteiger partial charge in [0, 0.05) is 18.8 Å². The third-order valence-electron chi connectivity index (χ3n) is 5.43. The van der Waals surface area contributed by atoms with Gasteiger partial charge in [-0.25, -0.2) is 4.79 Å². The maximum absolute atomic E-state index is 12.8. The number of hydrogen-bond donors (Lipinski definition) is 3. The number of urea groups is 1. The van der Waals surface area contributed by atoms with Crippen LogP contribution in [0.15, 0.2) is 54.6 Å². The molecule has 2 aromatic carbocycles. The Morgan fingerprint density at radius 3 is 2.23 bits per heavy atom. The molecule has 1 aliphatic rings. The highest BCUT2D eigenvalue weighted by Gasteiger charge is 2.24. The van der Waals surface area contributed by atoms with E-state index in [2.05, 4.69) is 33.0 Å². The lowest BCUT2D eigenvalue weighted by atomic mass is 10.0. The minimum atomic E-state index is -0.612. The molecule has 1 heterocycles. The van der Waals surface area contributed by atoms with E-state index in [4.69, 9.17) is 0 Å². The topological polar surface area (TPSA) is 73.5 Å². The van der Waals surface area contributed by atoms with Gasteiger partial charge in [-0.3, -0.25) is 9.69 Å². The maximum atomic E-state index is 12.8. The van der Waals surface area contributed by atoms with Crippen molar-refractivity contribution < 1.29 is 9.59 Å². The highest BCUT2D eigenvalue weighted by atomic mass is 16.2. The zero-order chi connectivity index (χ0) is 21.3. The molecule has 0 aliphatic carbocycles. The summed E-state index contributed by atoms with van der Waals surface area (Å²) in [6, 6.07) is 16.4. The Labute approximate surface area is 179 Å². The fourth-order valence-corrected chi connectivity index (χ4v) is 3.72. The third kappa shape index (κ3) is 6.32. The van der Waals surface area contributed by atoms with E-state index in [1.54, 1.807) is 12.1 Å². The lowest BCUT2D eigenvalue weighted by molar-refractivity contribution is -0.124. The normalized spacial score (nSPS) is 15.0. The van der Waals surface area contributed by atoms with Crippen LogP contribution in [-0.4, -0.2) is 36.0 Å². The molecule has 3 amide bonds. The number of anilines is 1. The van der Waals surface area contributed by atoms with Crippen molar-refractivity contribution in [3.63, 3.8) is 0 Å². The zero-order valence-corrected chi connectivity index (χ0v) is 17.9. The summed E-state index contributed by atoms with van der Waals surface area (Å²) in [6.45, 7) is 7.49. The molecular formula is C24H32N4O2. The first-order chi connectivity index (χ1) is 14.5. The summed E-state index contributed by atoms with van der Waals surface area (Å²) < 4.78 is 0. The molecule has 0 bridgehead atoms. The molecule has 0 radical (unpaired) electrons. The summed E-state index contributed by atoms with van der Waals surface area (Å²) in [5, 5.41) is 8.59. The van der Waals surface area contributed by atoms with Crippen LogP contribution in [0, 0.1) is 5.92 Å². The van der Waals surface area contributed by atoms with Gasteiger partial charge in [0.05, 0.1) is 0 Å². The van der Waals surface area contributed by atoms with Crippen molar-refractivity contribution in [3.8, 4) is 0 Å². The van der Waals surface area contributed by atoms with Gasteiger partial charge in [0.2, 0.25) is 5.91 Å². The number of nitrogens with one attached hydrogen (secondary N) is 3. The van der Waals surface area contributed by atoms with Crippen LogP contribution in [0.5, 0.6) is 0 Å². The maximum Gasteiger partial charge on any atom is 0.319 e.